The third-order valence-electron chi connectivity index (χ3n) is 11.0. The number of quaternary nitrogens is 1. The number of esters is 1. The maximum Gasteiger partial charge on any atom is 0.472 e. The summed E-state index contributed by atoms with van der Waals surface area (Å²) in [7, 11) is 1.67. The first-order chi connectivity index (χ1) is 28.6. The molecule has 0 aromatic carbocycles. The minimum absolute atomic E-state index is 0.0886. The predicted molar refractivity (Wildman–Crippen MR) is 252 cm³/mol. The van der Waals surface area contributed by atoms with Crippen LogP contribution >= 0.6 is 7.82 Å². The minimum Gasteiger partial charge on any atom is -0.457 e. The van der Waals surface area contributed by atoms with Crippen molar-refractivity contribution in [3.05, 3.63) is 24.3 Å². The van der Waals surface area contributed by atoms with Crippen LogP contribution in [-0.4, -0.2) is 75.6 Å². The number of unbranched alkanes of at least 4 members (excludes halogenated alkanes) is 29. The number of hydrogen-bond acceptors (Lipinski definition) is 6. The van der Waals surface area contributed by atoms with Crippen LogP contribution in [0.3, 0.4) is 0 Å². The highest BCUT2D eigenvalue weighted by Gasteiger charge is 2.26. The van der Waals surface area contributed by atoms with Gasteiger partial charge < -0.3 is 18.9 Å². The van der Waals surface area contributed by atoms with Gasteiger partial charge in [-0.15, -0.1) is 0 Å². The quantitative estimate of drug-likeness (QED) is 0.0214. The van der Waals surface area contributed by atoms with Crippen molar-refractivity contribution in [2.45, 2.75) is 238 Å². The van der Waals surface area contributed by atoms with Crippen molar-refractivity contribution < 1.29 is 37.3 Å². The Morgan fingerprint density at radius 1 is 0.525 bits per heavy atom. The normalized spacial score (nSPS) is 13.8. The monoisotopic (exact) mass is 857 g/mol. The van der Waals surface area contributed by atoms with Gasteiger partial charge in [0.05, 0.1) is 34.4 Å². The highest BCUT2D eigenvalue weighted by Crippen LogP contribution is 2.43. The number of allylic oxidation sites excluding steroid dienone is 4. The number of phosphoric acid groups is 1. The fraction of sp³-hybridized carbons (Fsp3) is 0.900. The van der Waals surface area contributed by atoms with Crippen LogP contribution in [-0.2, 0) is 27.9 Å². The van der Waals surface area contributed by atoms with Gasteiger partial charge in [-0.1, -0.05) is 205 Å². The molecule has 1 unspecified atom stereocenters. The van der Waals surface area contributed by atoms with E-state index in [-0.39, 0.29) is 25.8 Å². The highest BCUT2D eigenvalue weighted by atomic mass is 31.2. The predicted octanol–water partition coefficient (Wildman–Crippen LogP) is 15.2. The Bertz CT molecular complexity index is 998. The number of hydrogen-bond donors (Lipinski definition) is 1. The Morgan fingerprint density at radius 3 is 1.41 bits per heavy atom. The Balaban J connectivity index is 4.13. The molecule has 2 atom stereocenters. The van der Waals surface area contributed by atoms with E-state index >= 15 is 0 Å². The van der Waals surface area contributed by atoms with Crippen LogP contribution in [0.25, 0.3) is 0 Å². The summed E-state index contributed by atoms with van der Waals surface area (Å²) >= 11 is 0. The fourth-order valence-corrected chi connectivity index (χ4v) is 7.86. The van der Waals surface area contributed by atoms with Crippen molar-refractivity contribution >= 4 is 13.8 Å². The number of likely N-dealkylation sites (N-methyl/N-ethyl adjacent to an activating group) is 1. The van der Waals surface area contributed by atoms with E-state index in [0.29, 0.717) is 24.1 Å². The maximum absolute atomic E-state index is 12.7. The van der Waals surface area contributed by atoms with Gasteiger partial charge in [0.1, 0.15) is 19.3 Å². The molecule has 0 spiro atoms. The lowest BCUT2D eigenvalue weighted by Crippen LogP contribution is -2.37. The Kier molecular flexibility index (Phi) is 42.9. The summed E-state index contributed by atoms with van der Waals surface area (Å²) in [4.78, 5) is 23.0. The maximum atomic E-state index is 12.7. The second kappa shape index (κ2) is 43.6. The standard InChI is InChI=1S/C50H98NO7P/c1-6-8-10-12-14-16-18-20-22-24-25-26-27-28-29-31-33-35-37-39-41-43-50(52)58-49(48-57-59(53,54)56-46-44-51(3,4)5)47-55-45-42-40-38-36-34-32-30-23-21-19-17-15-13-11-9-7-2/h15,17,21,23,49H,6-14,16,18-20,22,24-48H2,1-5H3/p+1/b17-15-,23-21-/t49-/m1/s1. The van der Waals surface area contributed by atoms with Crippen molar-refractivity contribution in [2.75, 3.05) is 54.1 Å². The molecule has 9 heteroatoms. The molecule has 350 valence electrons. The molecule has 0 saturated carbocycles. The number of carbonyl (C=O) groups excluding carboxylic acids is 1. The summed E-state index contributed by atoms with van der Waals surface area (Å²) < 4.78 is 35.1. The summed E-state index contributed by atoms with van der Waals surface area (Å²) in [6.07, 6.45) is 50.7. The average molecular weight is 857 g/mol. The Labute approximate surface area is 366 Å². The zero-order valence-corrected chi connectivity index (χ0v) is 40.6. The molecule has 0 aliphatic carbocycles. The third-order valence-corrected chi connectivity index (χ3v) is 12.0. The number of nitrogens with zero attached hydrogens (tertiary/aromatic N) is 1. The van der Waals surface area contributed by atoms with Crippen molar-refractivity contribution in [1.29, 1.82) is 0 Å². The molecule has 0 aromatic rings. The molecule has 0 amide bonds. The number of phosphoric ester groups is 1. The van der Waals surface area contributed by atoms with Crippen molar-refractivity contribution in [1.82, 2.24) is 0 Å². The van der Waals surface area contributed by atoms with E-state index in [1.165, 1.54) is 167 Å². The molecule has 0 radical (unpaired) electrons. The Morgan fingerprint density at radius 2 is 0.932 bits per heavy atom. The molecular weight excluding hydrogens is 758 g/mol. The van der Waals surface area contributed by atoms with Crippen LogP contribution in [0, 0.1) is 0 Å². The lowest BCUT2D eigenvalue weighted by Gasteiger charge is -2.24. The molecule has 0 rings (SSSR count). The van der Waals surface area contributed by atoms with Gasteiger partial charge in [0.2, 0.25) is 0 Å². The largest absolute Gasteiger partial charge is 0.472 e. The molecule has 0 aromatic heterocycles. The lowest BCUT2D eigenvalue weighted by molar-refractivity contribution is -0.870. The number of carbonyl (C=O) groups is 1. The molecular formula is C50H99NO7P+. The first-order valence-corrected chi connectivity index (χ1v) is 26.6. The van der Waals surface area contributed by atoms with Crippen molar-refractivity contribution in [3.63, 3.8) is 0 Å². The summed E-state index contributed by atoms with van der Waals surface area (Å²) in [6, 6.07) is 0. The molecule has 0 aliphatic heterocycles. The van der Waals surface area contributed by atoms with Crippen molar-refractivity contribution in [2.24, 2.45) is 0 Å². The number of rotatable bonds is 47. The van der Waals surface area contributed by atoms with Crippen LogP contribution < -0.4 is 0 Å². The Hall–Kier alpha value is -1.02. The summed E-state index contributed by atoms with van der Waals surface area (Å²) in [5, 5.41) is 0. The molecule has 0 fully saturated rings. The average Bonchev–Trinajstić information content (AvgIpc) is 3.19. The number of ether oxygens (including phenoxy) is 2. The van der Waals surface area contributed by atoms with Gasteiger partial charge in [-0.2, -0.15) is 0 Å². The van der Waals surface area contributed by atoms with Gasteiger partial charge >= 0.3 is 13.8 Å². The second-order valence-electron chi connectivity index (χ2n) is 18.2. The van der Waals surface area contributed by atoms with E-state index in [2.05, 4.69) is 38.2 Å². The van der Waals surface area contributed by atoms with Gasteiger partial charge in [-0.05, 0) is 44.9 Å². The lowest BCUT2D eigenvalue weighted by atomic mass is 10.0. The summed E-state index contributed by atoms with van der Waals surface area (Å²) in [5.41, 5.74) is 0. The first kappa shape index (κ1) is 58.0. The molecule has 59 heavy (non-hydrogen) atoms. The van der Waals surface area contributed by atoms with Gasteiger partial charge in [0.25, 0.3) is 0 Å². The summed E-state index contributed by atoms with van der Waals surface area (Å²) in [6.45, 7) is 5.62. The van der Waals surface area contributed by atoms with Gasteiger partial charge in [0.15, 0.2) is 0 Å². The molecule has 8 nitrogen and oxygen atoms in total. The van der Waals surface area contributed by atoms with E-state index in [9.17, 15) is 14.3 Å². The van der Waals surface area contributed by atoms with Crippen LogP contribution in [0.4, 0.5) is 0 Å². The van der Waals surface area contributed by atoms with Crippen LogP contribution in [0.5, 0.6) is 0 Å². The smallest absolute Gasteiger partial charge is 0.457 e. The minimum atomic E-state index is -4.28. The molecule has 0 heterocycles. The highest BCUT2D eigenvalue weighted by molar-refractivity contribution is 7.47. The van der Waals surface area contributed by atoms with Gasteiger partial charge in [-0.25, -0.2) is 4.57 Å². The van der Waals surface area contributed by atoms with E-state index in [0.717, 1.165) is 44.9 Å². The third kappa shape index (κ3) is 47.9. The van der Waals surface area contributed by atoms with Gasteiger partial charge in [-0.3, -0.25) is 13.8 Å². The van der Waals surface area contributed by atoms with Gasteiger partial charge in [0, 0.05) is 13.0 Å². The van der Waals surface area contributed by atoms with Crippen LogP contribution in [0.1, 0.15) is 232 Å². The molecule has 0 bridgehead atoms. The summed E-state index contributed by atoms with van der Waals surface area (Å²) in [5.74, 6) is -0.313. The fourth-order valence-electron chi connectivity index (χ4n) is 7.11. The van der Waals surface area contributed by atoms with Crippen LogP contribution in [0.2, 0.25) is 0 Å². The molecule has 1 N–H and O–H groups in total. The topological polar surface area (TPSA) is 91.3 Å². The van der Waals surface area contributed by atoms with E-state index in [4.69, 9.17) is 18.5 Å². The SMILES string of the molecule is CCCCC/C=C\C/C=C\CCCCCCCCOC[C@H](COP(=O)(O)OCC[N+](C)(C)C)OC(=O)CCCCCCCCCCCCCCCCCCCCCCC. The molecule has 0 aliphatic rings. The second-order valence-corrected chi connectivity index (χ2v) is 19.7. The molecule has 0 saturated heterocycles. The van der Waals surface area contributed by atoms with Crippen LogP contribution in [0.15, 0.2) is 24.3 Å². The zero-order valence-electron chi connectivity index (χ0n) is 39.8. The van der Waals surface area contributed by atoms with E-state index in [1.54, 1.807) is 0 Å². The first-order valence-electron chi connectivity index (χ1n) is 25.1. The zero-order chi connectivity index (χ0) is 43.4. The van der Waals surface area contributed by atoms with E-state index in [1.807, 2.05) is 21.1 Å². The van der Waals surface area contributed by atoms with E-state index < -0.39 is 13.9 Å². The van der Waals surface area contributed by atoms with Crippen molar-refractivity contribution in [3.8, 4) is 0 Å².